The van der Waals surface area contributed by atoms with Gasteiger partial charge >= 0.3 is 15.6 Å². The lowest BCUT2D eigenvalue weighted by atomic mass is 10.1. The lowest BCUT2D eigenvalue weighted by Gasteiger charge is -2.17. The van der Waals surface area contributed by atoms with E-state index in [0.717, 1.165) is 6.67 Å². The summed E-state index contributed by atoms with van der Waals surface area (Å²) in [6.45, 7) is 4.58. The van der Waals surface area contributed by atoms with Crippen molar-refractivity contribution in [3.8, 4) is 0 Å². The molecule has 3 rings (SSSR count). The molecule has 0 aromatic carbocycles. The summed E-state index contributed by atoms with van der Waals surface area (Å²) in [5, 5.41) is 0. The minimum Gasteiger partial charge on any atom is -0.362 e. The molecule has 0 saturated carbocycles. The summed E-state index contributed by atoms with van der Waals surface area (Å²) in [5.74, 6) is 0. The highest BCUT2D eigenvalue weighted by Crippen LogP contribution is 2.20. The highest BCUT2D eigenvalue weighted by atomic mass is 35.5. The second-order valence-electron chi connectivity index (χ2n) is 7.65. The topological polar surface area (TPSA) is 96.5 Å². The molecule has 204 valence electrons. The van der Waals surface area contributed by atoms with E-state index in [-0.39, 0.29) is 12.4 Å². The molecule has 1 aliphatic heterocycles. The van der Waals surface area contributed by atoms with Gasteiger partial charge in [0.2, 0.25) is 0 Å². The Morgan fingerprint density at radius 1 is 0.886 bits per heavy atom. The zero-order valence-corrected chi connectivity index (χ0v) is 22.3. The highest BCUT2D eigenvalue weighted by Gasteiger charge is 2.44. The van der Waals surface area contributed by atoms with Crippen LogP contribution in [0, 0.1) is 0 Å². The minimum atomic E-state index is -5.84. The Bertz CT molecular complexity index is 831. The smallest absolute Gasteiger partial charge is 0.362 e. The Morgan fingerprint density at radius 2 is 1.34 bits per heavy atom. The molecule has 35 heavy (non-hydrogen) atoms. The summed E-state index contributed by atoms with van der Waals surface area (Å²) in [7, 11) is 0.157. The van der Waals surface area contributed by atoms with Gasteiger partial charge in [0.25, 0.3) is 0 Å². The monoisotopic (exact) mass is 546 g/mol. The zero-order chi connectivity index (χ0) is 26.0. The van der Waals surface area contributed by atoms with Crippen LogP contribution in [0.1, 0.15) is 45.4 Å². The third kappa shape index (κ3) is 19.7. The predicted octanol–water partition coefficient (Wildman–Crippen LogP) is 4.68. The molecule has 0 spiro atoms. The zero-order valence-electron chi connectivity index (χ0n) is 20.7. The number of halogens is 4. The van der Waals surface area contributed by atoms with Crippen molar-refractivity contribution < 1.29 is 26.1 Å². The van der Waals surface area contributed by atoms with E-state index in [1.165, 1.54) is 45.1 Å². The first-order valence-corrected chi connectivity index (χ1v) is 12.3. The number of aromatic nitrogens is 4. The van der Waals surface area contributed by atoms with Crippen molar-refractivity contribution in [1.29, 1.82) is 0 Å². The van der Waals surface area contributed by atoms with Gasteiger partial charge in [-0.2, -0.15) is 21.6 Å². The van der Waals surface area contributed by atoms with Gasteiger partial charge in [-0.25, -0.2) is 9.97 Å². The van der Waals surface area contributed by atoms with E-state index in [1.54, 1.807) is 25.0 Å². The third-order valence-electron chi connectivity index (χ3n) is 4.30. The van der Waals surface area contributed by atoms with Crippen molar-refractivity contribution in [1.82, 2.24) is 28.9 Å². The number of aryl methyl sites for hydroxylation is 2. The first kappa shape index (κ1) is 34.9. The molecular weight excluding hydrogens is 509 g/mol. The molecule has 1 N–H and O–H groups in total. The van der Waals surface area contributed by atoms with E-state index in [0.29, 0.717) is 0 Å². The summed E-state index contributed by atoms with van der Waals surface area (Å²) >= 11 is 0. The molecule has 14 heteroatoms. The van der Waals surface area contributed by atoms with Crippen molar-refractivity contribution in [2.45, 2.75) is 51.0 Å². The van der Waals surface area contributed by atoms with Crippen LogP contribution in [0.2, 0.25) is 0 Å². The number of hydrogen-bond donors (Lipinski definition) is 1. The number of imidazole rings is 2. The van der Waals surface area contributed by atoms with Gasteiger partial charge in [-0.15, -0.1) is 12.4 Å². The molecular formula is C21H38ClF3N6O3S. The van der Waals surface area contributed by atoms with Gasteiger partial charge in [0.05, 0.1) is 19.3 Å². The average Bonchev–Trinajstić information content (AvgIpc) is 3.49. The molecule has 2 aromatic rings. The predicted molar refractivity (Wildman–Crippen MR) is 133 cm³/mol. The molecule has 9 nitrogen and oxygen atoms in total. The second kappa shape index (κ2) is 19.0. The molecule has 2 aromatic heterocycles. The van der Waals surface area contributed by atoms with Crippen LogP contribution in [0.5, 0.6) is 0 Å². The van der Waals surface area contributed by atoms with E-state index in [2.05, 4.69) is 46.1 Å². The molecule has 0 amide bonds. The molecule has 0 aliphatic carbocycles. The van der Waals surface area contributed by atoms with Gasteiger partial charge in [-0.3, -0.25) is 4.55 Å². The van der Waals surface area contributed by atoms with Crippen LogP contribution in [-0.4, -0.2) is 67.6 Å². The van der Waals surface area contributed by atoms with E-state index in [4.69, 9.17) is 13.0 Å². The minimum absolute atomic E-state index is 0. The van der Waals surface area contributed by atoms with E-state index in [9.17, 15) is 13.2 Å². The molecule has 0 radical (unpaired) electrons. The van der Waals surface area contributed by atoms with Gasteiger partial charge in [-0.05, 0) is 6.42 Å². The summed E-state index contributed by atoms with van der Waals surface area (Å²) in [4.78, 5) is 12.2. The van der Waals surface area contributed by atoms with Crippen molar-refractivity contribution in [2.75, 3.05) is 20.3 Å². The first-order chi connectivity index (χ1) is 15.9. The third-order valence-corrected chi connectivity index (χ3v) is 4.89. The van der Waals surface area contributed by atoms with Crippen LogP contribution in [0.25, 0.3) is 0 Å². The highest BCUT2D eigenvalue weighted by molar-refractivity contribution is 7.86. The first-order valence-electron chi connectivity index (χ1n) is 10.9. The molecule has 0 atom stereocenters. The van der Waals surface area contributed by atoms with Gasteiger partial charge < -0.3 is 18.9 Å². The number of nitrogens with zero attached hydrogens (tertiary/aromatic N) is 6. The van der Waals surface area contributed by atoms with Crippen LogP contribution in [-0.2, 0) is 24.2 Å². The van der Waals surface area contributed by atoms with Crippen LogP contribution < -0.4 is 0 Å². The van der Waals surface area contributed by atoms with Crippen LogP contribution in [0.15, 0.2) is 49.8 Å². The number of rotatable bonds is 7. The maximum Gasteiger partial charge on any atom is 0.522 e. The molecule has 3 heterocycles. The second-order valence-corrected chi connectivity index (χ2v) is 9.07. The van der Waals surface area contributed by atoms with Crippen molar-refractivity contribution in [2.24, 2.45) is 14.1 Å². The number of hydrogen-bond acceptors (Lipinski definition) is 6. The molecule has 0 saturated heterocycles. The van der Waals surface area contributed by atoms with Crippen molar-refractivity contribution >= 4 is 22.5 Å². The quantitative estimate of drug-likeness (QED) is 0.306. The number of alkyl halides is 3. The Morgan fingerprint density at radius 3 is 1.63 bits per heavy atom. The Hall–Kier alpha value is -2.25. The van der Waals surface area contributed by atoms with Crippen molar-refractivity contribution in [3.05, 3.63) is 49.8 Å². The standard InChI is InChI=1S/C12H24N2.2C4H6N2.CHF3O3S.ClH/c1-3-4-5-6-7-8-9-14-11-10-13(2)12-14;2*1-6-3-2-5-4-6;2-1(3,4)8(5,6)7;/h10-11H,3-9,12H2,1-2H3;2*2-4H,1H3;(H,5,6,7);1H. The van der Waals surface area contributed by atoms with E-state index < -0.39 is 15.6 Å². The Labute approximate surface area is 212 Å². The van der Waals surface area contributed by atoms with Crippen LogP contribution >= 0.6 is 12.4 Å². The number of unbranched alkanes of at least 4 members (excludes halogenated alkanes) is 5. The molecule has 0 unspecified atom stereocenters. The Balaban J connectivity index is 0. The molecule has 0 bridgehead atoms. The summed E-state index contributed by atoms with van der Waals surface area (Å²) < 4.78 is 61.3. The lowest BCUT2D eigenvalue weighted by molar-refractivity contribution is -0.0510. The normalized spacial score (nSPS) is 12.5. The SMILES string of the molecule is CCCCCCCCN1C=CN(C)C1.Cl.Cn1ccnc1.Cn1ccnc1.O=S(=O)(O)C(F)(F)F. The lowest BCUT2D eigenvalue weighted by Crippen LogP contribution is -2.23. The summed E-state index contributed by atoms with van der Waals surface area (Å²) in [5.41, 5.74) is -5.53. The molecule has 1 aliphatic rings. The fraction of sp³-hybridized carbons (Fsp3) is 0.619. The van der Waals surface area contributed by atoms with Crippen LogP contribution in [0.4, 0.5) is 13.2 Å². The Kier molecular flexibility index (Phi) is 19.0. The van der Waals surface area contributed by atoms with E-state index in [1.807, 2.05) is 35.6 Å². The summed E-state index contributed by atoms with van der Waals surface area (Å²) in [6.07, 6.45) is 23.5. The van der Waals surface area contributed by atoms with Crippen LogP contribution in [0.3, 0.4) is 0 Å². The maximum atomic E-state index is 10.7. The fourth-order valence-electron chi connectivity index (χ4n) is 2.48. The van der Waals surface area contributed by atoms with Gasteiger partial charge in [0.1, 0.15) is 0 Å². The molecule has 0 fully saturated rings. The average molecular weight is 547 g/mol. The van der Waals surface area contributed by atoms with Crippen molar-refractivity contribution in [3.63, 3.8) is 0 Å². The van der Waals surface area contributed by atoms with Gasteiger partial charge in [0, 0.05) is 64.9 Å². The van der Waals surface area contributed by atoms with Gasteiger partial charge in [0.15, 0.2) is 0 Å². The van der Waals surface area contributed by atoms with E-state index >= 15 is 0 Å². The fourth-order valence-corrected chi connectivity index (χ4v) is 2.48. The largest absolute Gasteiger partial charge is 0.522 e. The summed E-state index contributed by atoms with van der Waals surface area (Å²) in [6, 6.07) is 0. The maximum absolute atomic E-state index is 10.7. The van der Waals surface area contributed by atoms with Gasteiger partial charge in [-0.1, -0.05) is 39.0 Å².